The van der Waals surface area contributed by atoms with E-state index in [1.54, 1.807) is 18.2 Å². The second-order valence-electron chi connectivity index (χ2n) is 4.12. The van der Waals surface area contributed by atoms with Crippen LogP contribution in [-0.4, -0.2) is 25.3 Å². The molecule has 0 bridgehead atoms. The van der Waals surface area contributed by atoms with Crippen molar-refractivity contribution in [1.82, 2.24) is 4.31 Å². The highest BCUT2D eigenvalue weighted by atomic mass is 79.9. The molecule has 1 fully saturated rings. The summed E-state index contributed by atoms with van der Waals surface area (Å²) in [6.45, 7) is 2.34. The fourth-order valence-corrected chi connectivity index (χ4v) is 4.04. The quantitative estimate of drug-likeness (QED) is 0.866. The Morgan fingerprint density at radius 3 is 2.59 bits per heavy atom. The number of nitrogens with two attached hydrogens (primary N) is 1. The number of nitrogens with zero attached hydrogens (tertiary/aromatic N) is 1. The van der Waals surface area contributed by atoms with E-state index in [1.165, 1.54) is 4.31 Å². The highest BCUT2D eigenvalue weighted by molar-refractivity contribution is 9.10. The second-order valence-corrected chi connectivity index (χ2v) is 6.90. The molecule has 1 aromatic rings. The lowest BCUT2D eigenvalue weighted by Crippen LogP contribution is -2.33. The van der Waals surface area contributed by atoms with Crippen LogP contribution in [-0.2, 0) is 10.0 Å². The minimum Gasteiger partial charge on any atom is -0.398 e. The molecule has 1 aliphatic rings. The smallest absolute Gasteiger partial charge is 0.245 e. The van der Waals surface area contributed by atoms with Crippen molar-refractivity contribution in [2.24, 2.45) is 0 Å². The third kappa shape index (κ3) is 2.48. The third-order valence-electron chi connectivity index (χ3n) is 2.82. The summed E-state index contributed by atoms with van der Waals surface area (Å²) < 4.78 is 27.1. The molecule has 6 heteroatoms. The summed E-state index contributed by atoms with van der Waals surface area (Å²) in [5.41, 5.74) is 6.07. The molecule has 0 radical (unpaired) electrons. The molecule has 1 saturated carbocycles. The number of anilines is 1. The SMILES string of the molecule is CCN(C1CC1)S(=O)(=O)c1ccc(Br)cc1N. The molecule has 0 saturated heterocycles. The van der Waals surface area contributed by atoms with Crippen molar-refractivity contribution in [3.05, 3.63) is 22.7 Å². The minimum absolute atomic E-state index is 0.160. The van der Waals surface area contributed by atoms with E-state index < -0.39 is 10.0 Å². The average Bonchev–Trinajstić information content (AvgIpc) is 3.01. The molecule has 1 aliphatic carbocycles. The number of rotatable bonds is 4. The standard InChI is InChI=1S/C11H15BrN2O2S/c1-2-14(9-4-5-9)17(15,16)11-6-3-8(12)7-10(11)13/h3,6-7,9H,2,4-5,13H2,1H3. The number of sulfonamides is 1. The zero-order valence-corrected chi connectivity index (χ0v) is 12.0. The number of hydrogen-bond acceptors (Lipinski definition) is 3. The molecule has 0 aromatic heterocycles. The first-order valence-corrected chi connectivity index (χ1v) is 7.77. The Bertz CT molecular complexity index is 526. The largest absolute Gasteiger partial charge is 0.398 e. The number of nitrogen functional groups attached to an aromatic ring is 1. The summed E-state index contributed by atoms with van der Waals surface area (Å²) in [6, 6.07) is 5.03. The van der Waals surface area contributed by atoms with Gasteiger partial charge in [0.25, 0.3) is 0 Å². The van der Waals surface area contributed by atoms with Crippen LogP contribution in [0.15, 0.2) is 27.6 Å². The van der Waals surface area contributed by atoms with Gasteiger partial charge in [0.2, 0.25) is 10.0 Å². The van der Waals surface area contributed by atoms with E-state index in [1.807, 2.05) is 6.92 Å². The van der Waals surface area contributed by atoms with E-state index in [0.717, 1.165) is 17.3 Å². The highest BCUT2D eigenvalue weighted by Crippen LogP contribution is 2.34. The van der Waals surface area contributed by atoms with E-state index in [-0.39, 0.29) is 10.9 Å². The summed E-state index contributed by atoms with van der Waals surface area (Å²) in [6.07, 6.45) is 1.90. The Labute approximate surface area is 110 Å². The number of hydrogen-bond donors (Lipinski definition) is 1. The van der Waals surface area contributed by atoms with Crippen LogP contribution in [0.3, 0.4) is 0 Å². The predicted octanol–water partition coefficient (Wildman–Crippen LogP) is 2.20. The molecule has 0 spiro atoms. The molecule has 1 aromatic carbocycles. The topological polar surface area (TPSA) is 63.4 Å². The van der Waals surface area contributed by atoms with Crippen molar-refractivity contribution >= 4 is 31.6 Å². The summed E-state index contributed by atoms with van der Waals surface area (Å²) in [7, 11) is -3.45. The van der Waals surface area contributed by atoms with Crippen LogP contribution in [0.1, 0.15) is 19.8 Å². The van der Waals surface area contributed by atoms with Gasteiger partial charge >= 0.3 is 0 Å². The van der Waals surface area contributed by atoms with Gasteiger partial charge in [-0.15, -0.1) is 0 Å². The summed E-state index contributed by atoms with van der Waals surface area (Å²) in [5, 5.41) is 0. The van der Waals surface area contributed by atoms with Crippen molar-refractivity contribution in [1.29, 1.82) is 0 Å². The van der Waals surface area contributed by atoms with E-state index in [9.17, 15) is 8.42 Å². The van der Waals surface area contributed by atoms with Crippen LogP contribution in [0.4, 0.5) is 5.69 Å². The van der Waals surface area contributed by atoms with Crippen LogP contribution in [0, 0.1) is 0 Å². The molecule has 4 nitrogen and oxygen atoms in total. The molecule has 0 amide bonds. The Morgan fingerprint density at radius 2 is 2.12 bits per heavy atom. The minimum atomic E-state index is -3.45. The predicted molar refractivity (Wildman–Crippen MR) is 71.1 cm³/mol. The first-order valence-electron chi connectivity index (χ1n) is 5.53. The van der Waals surface area contributed by atoms with Gasteiger partial charge in [-0.25, -0.2) is 8.42 Å². The maximum absolute atomic E-state index is 12.4. The van der Waals surface area contributed by atoms with Crippen molar-refractivity contribution in [2.45, 2.75) is 30.7 Å². The lowest BCUT2D eigenvalue weighted by Gasteiger charge is -2.20. The van der Waals surface area contributed by atoms with Gasteiger partial charge in [-0.05, 0) is 31.0 Å². The Balaban J connectivity index is 2.43. The molecule has 2 rings (SSSR count). The maximum Gasteiger partial charge on any atom is 0.245 e. The number of halogens is 1. The van der Waals surface area contributed by atoms with Gasteiger partial charge in [0.15, 0.2) is 0 Å². The molecular formula is C11H15BrN2O2S. The fourth-order valence-electron chi connectivity index (χ4n) is 1.87. The van der Waals surface area contributed by atoms with E-state index >= 15 is 0 Å². The van der Waals surface area contributed by atoms with E-state index in [2.05, 4.69) is 15.9 Å². The Kier molecular flexibility index (Phi) is 3.47. The summed E-state index contributed by atoms with van der Waals surface area (Å²) in [5.74, 6) is 0. The van der Waals surface area contributed by atoms with Gasteiger partial charge in [0.05, 0.1) is 5.69 Å². The van der Waals surface area contributed by atoms with Gasteiger partial charge < -0.3 is 5.73 Å². The third-order valence-corrected chi connectivity index (χ3v) is 5.42. The van der Waals surface area contributed by atoms with Crippen molar-refractivity contribution < 1.29 is 8.42 Å². The van der Waals surface area contributed by atoms with Gasteiger partial charge in [-0.2, -0.15) is 4.31 Å². The van der Waals surface area contributed by atoms with Crippen LogP contribution in [0.5, 0.6) is 0 Å². The van der Waals surface area contributed by atoms with E-state index in [0.29, 0.717) is 12.2 Å². The lowest BCUT2D eigenvalue weighted by molar-refractivity contribution is 0.421. The van der Waals surface area contributed by atoms with Crippen LogP contribution in [0.2, 0.25) is 0 Å². The molecule has 0 aliphatic heterocycles. The second kappa shape index (κ2) is 4.59. The van der Waals surface area contributed by atoms with Gasteiger partial charge in [0.1, 0.15) is 4.90 Å². The molecule has 0 heterocycles. The van der Waals surface area contributed by atoms with Crippen molar-refractivity contribution in [3.63, 3.8) is 0 Å². The Morgan fingerprint density at radius 1 is 1.47 bits per heavy atom. The highest BCUT2D eigenvalue weighted by Gasteiger charge is 2.37. The molecule has 94 valence electrons. The monoisotopic (exact) mass is 318 g/mol. The zero-order valence-electron chi connectivity index (χ0n) is 9.56. The van der Waals surface area contributed by atoms with Crippen LogP contribution in [0.25, 0.3) is 0 Å². The van der Waals surface area contributed by atoms with Crippen LogP contribution < -0.4 is 5.73 Å². The van der Waals surface area contributed by atoms with Crippen LogP contribution >= 0.6 is 15.9 Å². The lowest BCUT2D eigenvalue weighted by atomic mass is 10.3. The molecule has 0 unspecified atom stereocenters. The number of benzene rings is 1. The normalized spacial score (nSPS) is 16.4. The fraction of sp³-hybridized carbons (Fsp3) is 0.455. The Hall–Kier alpha value is -0.590. The van der Waals surface area contributed by atoms with Gasteiger partial charge in [-0.1, -0.05) is 22.9 Å². The first kappa shape index (κ1) is 12.9. The summed E-state index contributed by atoms with van der Waals surface area (Å²) >= 11 is 3.27. The molecule has 17 heavy (non-hydrogen) atoms. The van der Waals surface area contributed by atoms with Gasteiger partial charge in [-0.3, -0.25) is 0 Å². The first-order chi connectivity index (χ1) is 7.96. The van der Waals surface area contributed by atoms with Crippen molar-refractivity contribution in [3.8, 4) is 0 Å². The average molecular weight is 319 g/mol. The maximum atomic E-state index is 12.4. The van der Waals surface area contributed by atoms with Gasteiger partial charge in [0, 0.05) is 17.1 Å². The van der Waals surface area contributed by atoms with E-state index in [4.69, 9.17) is 5.73 Å². The molecule has 2 N–H and O–H groups in total. The van der Waals surface area contributed by atoms with Crippen molar-refractivity contribution in [2.75, 3.05) is 12.3 Å². The summed E-state index contributed by atoms with van der Waals surface area (Å²) in [4.78, 5) is 0.203. The molecule has 0 atom stereocenters. The zero-order chi connectivity index (χ0) is 12.6. The molecular weight excluding hydrogens is 304 g/mol.